The lowest BCUT2D eigenvalue weighted by Gasteiger charge is -2.49. The van der Waals surface area contributed by atoms with Crippen molar-refractivity contribution in [2.45, 2.75) is 178 Å². The highest BCUT2D eigenvalue weighted by molar-refractivity contribution is 5.81. The van der Waals surface area contributed by atoms with Crippen LogP contribution in [0.2, 0.25) is 0 Å². The van der Waals surface area contributed by atoms with Gasteiger partial charge in [-0.05, 0) is 75.9 Å². The average molecular weight is 729 g/mol. The molecule has 18 atom stereocenters. The second-order valence-corrected chi connectivity index (χ2v) is 16.9. The van der Waals surface area contributed by atoms with Gasteiger partial charge in [0.05, 0.1) is 36.9 Å². The van der Waals surface area contributed by atoms with Gasteiger partial charge < -0.3 is 58.1 Å². The number of rotatable bonds is 6. The van der Waals surface area contributed by atoms with Crippen LogP contribution < -0.4 is 0 Å². The second-order valence-electron chi connectivity index (χ2n) is 16.9. The zero-order valence-corrected chi connectivity index (χ0v) is 32.8. The summed E-state index contributed by atoms with van der Waals surface area (Å²) in [6.07, 6.45) is -6.14. The van der Waals surface area contributed by atoms with Crippen molar-refractivity contribution in [1.82, 2.24) is 4.90 Å². The summed E-state index contributed by atoms with van der Waals surface area (Å²) in [5, 5.41) is 34.4. The Labute approximate surface area is 303 Å². The van der Waals surface area contributed by atoms with Crippen molar-refractivity contribution in [3.05, 3.63) is 0 Å². The highest BCUT2D eigenvalue weighted by Crippen LogP contribution is 2.51. The smallest absolute Gasteiger partial charge is 0.311 e. The Bertz CT molecular complexity index is 1280. The predicted molar refractivity (Wildman–Crippen MR) is 186 cm³/mol. The first kappa shape index (κ1) is 40.7. The lowest BCUT2D eigenvalue weighted by atomic mass is 9.78. The number of aliphatic hydroxyl groups excluding tert-OH is 2. The van der Waals surface area contributed by atoms with Crippen molar-refractivity contribution >= 4 is 11.9 Å². The summed E-state index contributed by atoms with van der Waals surface area (Å²) in [4.78, 5) is 20.8. The van der Waals surface area contributed by atoms with Crippen molar-refractivity contribution in [1.29, 1.82) is 0 Å². The van der Waals surface area contributed by atoms with Gasteiger partial charge in [0.2, 0.25) is 0 Å². The number of hydrogen-bond acceptors (Lipinski definition) is 14. The monoisotopic (exact) mass is 728 g/mol. The lowest BCUT2D eigenvalue weighted by Crippen LogP contribution is -2.61. The number of epoxide rings is 1. The molecule has 5 aliphatic heterocycles. The standard InChI is InChI=1S/C37H64N2O12/c1-18-15-34(8)30(50-33-27(40)25(39(11)12)14-19(2)46-33)20(3)28(49-26-16-35(9,44-13)37(17-45-37)24(7)47-26)21(4)32(42)48-23(6)36(10,43)29(41)22(5)38-31(18)51-34/h18-30,33,40-41,43H,14-17H2,1-13H3/b38-31+/t18-,19?,20+,21-,22-,23-,24?,25-,26+,27?,28+,29-,30-,33+,34+,35?,36-,37+/m1/s1. The molecule has 5 heterocycles. The Hall–Kier alpha value is -1.46. The summed E-state index contributed by atoms with van der Waals surface area (Å²) in [6.45, 7) is 18.6. The summed E-state index contributed by atoms with van der Waals surface area (Å²) in [5.74, 6) is -1.91. The third-order valence-electron chi connectivity index (χ3n) is 12.7. The minimum absolute atomic E-state index is 0.185. The molecule has 0 aromatic rings. The summed E-state index contributed by atoms with van der Waals surface area (Å²) < 4.78 is 51.0. The van der Waals surface area contributed by atoms with Crippen molar-refractivity contribution in [2.75, 3.05) is 27.8 Å². The van der Waals surface area contributed by atoms with Gasteiger partial charge in [-0.15, -0.1) is 0 Å². The van der Waals surface area contributed by atoms with Crippen LogP contribution in [0.25, 0.3) is 0 Å². The molecule has 2 bridgehead atoms. The third-order valence-corrected chi connectivity index (χ3v) is 12.7. The zero-order chi connectivity index (χ0) is 38.0. The van der Waals surface area contributed by atoms with Crippen molar-refractivity contribution in [2.24, 2.45) is 22.7 Å². The van der Waals surface area contributed by atoms with Crippen LogP contribution in [0.15, 0.2) is 4.99 Å². The molecule has 4 fully saturated rings. The summed E-state index contributed by atoms with van der Waals surface area (Å²) in [7, 11) is 5.48. The van der Waals surface area contributed by atoms with Gasteiger partial charge in [0.25, 0.3) is 0 Å². The molecule has 5 aliphatic rings. The van der Waals surface area contributed by atoms with E-state index in [1.54, 1.807) is 27.9 Å². The van der Waals surface area contributed by atoms with Gasteiger partial charge in [0.1, 0.15) is 46.8 Å². The quantitative estimate of drug-likeness (QED) is 0.270. The molecule has 0 aromatic heterocycles. The first-order chi connectivity index (χ1) is 23.6. The number of esters is 1. The van der Waals surface area contributed by atoms with Gasteiger partial charge >= 0.3 is 5.97 Å². The van der Waals surface area contributed by atoms with E-state index in [2.05, 4.69) is 0 Å². The summed E-state index contributed by atoms with van der Waals surface area (Å²) >= 11 is 0. The molecule has 4 saturated heterocycles. The minimum Gasteiger partial charge on any atom is -0.472 e. The number of carbonyl (C=O) groups excluding carboxylic acids is 1. The minimum atomic E-state index is -1.84. The molecule has 14 heteroatoms. The molecule has 0 amide bonds. The van der Waals surface area contributed by atoms with Crippen molar-refractivity contribution in [3.63, 3.8) is 0 Å². The summed E-state index contributed by atoms with van der Waals surface area (Å²) in [6, 6.07) is -1.02. The van der Waals surface area contributed by atoms with E-state index in [-0.39, 0.29) is 24.2 Å². The number of fused-ring (bicyclic) bond motifs is 2. The van der Waals surface area contributed by atoms with Gasteiger partial charge in [-0.25, -0.2) is 4.99 Å². The second kappa shape index (κ2) is 14.6. The Morgan fingerprint density at radius 2 is 1.59 bits per heavy atom. The van der Waals surface area contributed by atoms with E-state index in [0.717, 1.165) is 0 Å². The number of cyclic esters (lactones) is 1. The van der Waals surface area contributed by atoms with Gasteiger partial charge in [-0.3, -0.25) is 4.79 Å². The van der Waals surface area contributed by atoms with Crippen LogP contribution in [0, 0.1) is 17.8 Å². The predicted octanol–water partition coefficient (Wildman–Crippen LogP) is 2.42. The fourth-order valence-electron chi connectivity index (χ4n) is 8.87. The van der Waals surface area contributed by atoms with Crippen molar-refractivity contribution < 1.29 is 58.0 Å². The Morgan fingerprint density at radius 3 is 2.18 bits per heavy atom. The van der Waals surface area contributed by atoms with E-state index in [1.165, 1.54) is 6.92 Å². The van der Waals surface area contributed by atoms with Crippen molar-refractivity contribution in [3.8, 4) is 0 Å². The van der Waals surface area contributed by atoms with Gasteiger partial charge in [0.15, 0.2) is 18.5 Å². The normalized spacial score (nSPS) is 53.6. The molecule has 0 radical (unpaired) electrons. The topological polar surface area (TPSA) is 170 Å². The number of aliphatic hydroxyl groups is 3. The first-order valence-corrected chi connectivity index (χ1v) is 18.6. The van der Waals surface area contributed by atoms with Crippen LogP contribution in [0.5, 0.6) is 0 Å². The van der Waals surface area contributed by atoms with Crippen LogP contribution in [-0.4, -0.2) is 150 Å². The first-order valence-electron chi connectivity index (χ1n) is 18.6. The van der Waals surface area contributed by atoms with Crippen LogP contribution in [0.1, 0.15) is 88.5 Å². The van der Waals surface area contributed by atoms with E-state index < -0.39 is 89.4 Å². The van der Waals surface area contributed by atoms with Crippen LogP contribution in [0.4, 0.5) is 0 Å². The van der Waals surface area contributed by atoms with E-state index >= 15 is 0 Å². The number of likely N-dealkylation sites (N-methyl/N-ethyl adjacent to an activating group) is 1. The third kappa shape index (κ3) is 7.48. The lowest BCUT2D eigenvalue weighted by molar-refractivity contribution is -0.312. The molecule has 5 rings (SSSR count). The number of aliphatic imine (C=N–C) groups is 1. The molecular weight excluding hydrogens is 664 g/mol. The van der Waals surface area contributed by atoms with E-state index in [1.807, 2.05) is 60.5 Å². The molecule has 294 valence electrons. The number of carbonyl (C=O) groups is 1. The molecule has 14 nitrogen and oxygen atoms in total. The molecular formula is C37H64N2O12. The number of methoxy groups -OCH3 is 1. The fraction of sp³-hybridized carbons (Fsp3) is 0.946. The van der Waals surface area contributed by atoms with E-state index in [4.69, 9.17) is 42.9 Å². The van der Waals surface area contributed by atoms with E-state index in [0.29, 0.717) is 31.8 Å². The molecule has 3 N–H and O–H groups in total. The maximum Gasteiger partial charge on any atom is 0.311 e. The van der Waals surface area contributed by atoms with Crippen LogP contribution >= 0.6 is 0 Å². The summed E-state index contributed by atoms with van der Waals surface area (Å²) in [5.41, 5.74) is -4.20. The Kier molecular flexibility index (Phi) is 11.7. The van der Waals surface area contributed by atoms with E-state index in [9.17, 15) is 20.1 Å². The number of ether oxygens (including phenoxy) is 8. The highest BCUT2D eigenvalue weighted by atomic mass is 16.7. The Morgan fingerprint density at radius 1 is 0.941 bits per heavy atom. The molecule has 4 unspecified atom stereocenters. The van der Waals surface area contributed by atoms with Gasteiger partial charge in [0, 0.05) is 37.8 Å². The zero-order valence-electron chi connectivity index (χ0n) is 32.8. The Balaban J connectivity index is 1.58. The van der Waals surface area contributed by atoms with Gasteiger partial charge in [-0.2, -0.15) is 0 Å². The molecule has 1 spiro atoms. The average Bonchev–Trinajstić information content (AvgIpc) is 3.82. The van der Waals surface area contributed by atoms with Crippen LogP contribution in [0.3, 0.4) is 0 Å². The highest BCUT2D eigenvalue weighted by Gasteiger charge is 2.67. The van der Waals surface area contributed by atoms with Crippen LogP contribution in [-0.2, 0) is 42.7 Å². The fourth-order valence-corrected chi connectivity index (χ4v) is 8.87. The maximum absolute atomic E-state index is 14.1. The molecule has 0 aromatic carbocycles. The molecule has 51 heavy (non-hydrogen) atoms. The largest absolute Gasteiger partial charge is 0.472 e. The molecule has 0 aliphatic carbocycles. The van der Waals surface area contributed by atoms with Gasteiger partial charge in [-0.1, -0.05) is 13.8 Å². The SMILES string of the molecule is COC1(C)C[C@H](O[C@H]2[C@H](C)[C@@H](O[C@@H]3OC(C)C[C@@H](N(C)C)C3O)[C@]3(C)C[C@@H](C)/C(=N\[C@H](C)[C@@H](O)[C@](C)(O)[C@@H](C)OC(=O)[C@@H]2C)O3)OC(C)[C@@]12CO2. The maximum atomic E-state index is 14.1. The number of nitrogens with zero attached hydrogens (tertiary/aromatic N) is 2. The molecule has 0 saturated carbocycles. The number of hydrogen-bond donors (Lipinski definition) is 3.